The van der Waals surface area contributed by atoms with Crippen molar-refractivity contribution in [1.82, 2.24) is 4.90 Å². The van der Waals surface area contributed by atoms with Crippen molar-refractivity contribution >= 4 is 0 Å². The molecule has 0 bridgehead atoms. The molecule has 0 radical (unpaired) electrons. The third kappa shape index (κ3) is 3.31. The van der Waals surface area contributed by atoms with Crippen LogP contribution in [0.2, 0.25) is 0 Å². The molecule has 1 aromatic rings. The first-order chi connectivity index (χ1) is 8.99. The van der Waals surface area contributed by atoms with E-state index in [0.29, 0.717) is 12.6 Å². The molecule has 0 aromatic heterocycles. The van der Waals surface area contributed by atoms with Gasteiger partial charge in [0.2, 0.25) is 0 Å². The zero-order valence-corrected chi connectivity index (χ0v) is 11.6. The molecular weight excluding hydrogens is 246 g/mol. The van der Waals surface area contributed by atoms with E-state index in [1.807, 2.05) is 0 Å². The predicted molar refractivity (Wildman–Crippen MR) is 72.7 cm³/mol. The summed E-state index contributed by atoms with van der Waals surface area (Å²) in [5.41, 5.74) is 6.31. The van der Waals surface area contributed by atoms with Gasteiger partial charge in [0, 0.05) is 24.2 Å². The van der Waals surface area contributed by atoms with Crippen molar-refractivity contribution in [2.75, 3.05) is 13.1 Å². The third-order valence-corrected chi connectivity index (χ3v) is 4.09. The van der Waals surface area contributed by atoms with Crippen LogP contribution in [0.15, 0.2) is 18.2 Å². The van der Waals surface area contributed by atoms with E-state index in [9.17, 15) is 8.78 Å². The van der Waals surface area contributed by atoms with Gasteiger partial charge in [-0.25, -0.2) is 8.78 Å². The van der Waals surface area contributed by atoms with Crippen LogP contribution in [-0.2, 0) is 0 Å². The highest BCUT2D eigenvalue weighted by Crippen LogP contribution is 2.25. The van der Waals surface area contributed by atoms with Gasteiger partial charge in [-0.3, -0.25) is 4.90 Å². The van der Waals surface area contributed by atoms with Crippen LogP contribution in [0, 0.1) is 17.6 Å². The van der Waals surface area contributed by atoms with Crippen LogP contribution in [0.1, 0.15) is 38.3 Å². The number of nitrogens with zero attached hydrogens (tertiary/aromatic N) is 1. The van der Waals surface area contributed by atoms with E-state index >= 15 is 0 Å². The predicted octanol–water partition coefficient (Wildman–Crippen LogP) is 3.09. The van der Waals surface area contributed by atoms with Crippen molar-refractivity contribution < 1.29 is 8.78 Å². The van der Waals surface area contributed by atoms with Crippen molar-refractivity contribution in [2.24, 2.45) is 11.7 Å². The van der Waals surface area contributed by atoms with Crippen molar-refractivity contribution in [1.29, 1.82) is 0 Å². The highest BCUT2D eigenvalue weighted by Gasteiger charge is 2.25. The fourth-order valence-electron chi connectivity index (χ4n) is 2.88. The molecule has 3 unspecified atom stereocenters. The SMILES string of the molecule is CC1CCN(CC(N)c2cccc(F)c2F)C(C)C1. The zero-order valence-electron chi connectivity index (χ0n) is 11.6. The molecule has 106 valence electrons. The second-order valence-corrected chi connectivity index (χ2v) is 5.72. The Hall–Kier alpha value is -1.00. The molecule has 3 atom stereocenters. The molecule has 2 nitrogen and oxygen atoms in total. The Labute approximate surface area is 113 Å². The number of nitrogens with two attached hydrogens (primary N) is 1. The summed E-state index contributed by atoms with van der Waals surface area (Å²) in [6.45, 7) is 5.98. The van der Waals surface area contributed by atoms with Crippen LogP contribution in [0.25, 0.3) is 0 Å². The summed E-state index contributed by atoms with van der Waals surface area (Å²) >= 11 is 0. The van der Waals surface area contributed by atoms with Gasteiger partial charge in [-0.15, -0.1) is 0 Å². The van der Waals surface area contributed by atoms with Crippen molar-refractivity contribution in [3.8, 4) is 0 Å². The van der Waals surface area contributed by atoms with Gasteiger partial charge in [-0.1, -0.05) is 19.1 Å². The second-order valence-electron chi connectivity index (χ2n) is 5.72. The first-order valence-corrected chi connectivity index (χ1v) is 6.92. The standard InChI is InChI=1S/C15H22F2N2/c1-10-6-7-19(11(2)8-10)9-14(18)12-4-3-5-13(16)15(12)17/h3-5,10-11,14H,6-9,18H2,1-2H3. The Morgan fingerprint density at radius 3 is 2.79 bits per heavy atom. The molecule has 1 aliphatic rings. The van der Waals surface area contributed by atoms with Crippen molar-refractivity contribution in [3.63, 3.8) is 0 Å². The third-order valence-electron chi connectivity index (χ3n) is 4.09. The molecule has 0 amide bonds. The molecule has 2 N–H and O–H groups in total. The lowest BCUT2D eigenvalue weighted by molar-refractivity contribution is 0.121. The van der Waals surface area contributed by atoms with E-state index in [1.54, 1.807) is 6.07 Å². The maximum Gasteiger partial charge on any atom is 0.163 e. The Bertz CT molecular complexity index is 436. The van der Waals surface area contributed by atoms with E-state index < -0.39 is 17.7 Å². The summed E-state index contributed by atoms with van der Waals surface area (Å²) in [5, 5.41) is 0. The van der Waals surface area contributed by atoms with E-state index in [-0.39, 0.29) is 5.56 Å². The first-order valence-electron chi connectivity index (χ1n) is 6.92. The first kappa shape index (κ1) is 14.4. The number of rotatable bonds is 3. The molecule has 1 aliphatic heterocycles. The fraction of sp³-hybridized carbons (Fsp3) is 0.600. The second kappa shape index (κ2) is 5.97. The maximum atomic E-state index is 13.7. The summed E-state index contributed by atoms with van der Waals surface area (Å²) in [4.78, 5) is 2.27. The van der Waals surface area contributed by atoms with E-state index in [4.69, 9.17) is 5.73 Å². The van der Waals surface area contributed by atoms with Gasteiger partial charge in [0.25, 0.3) is 0 Å². The molecule has 1 fully saturated rings. The van der Waals surface area contributed by atoms with Gasteiger partial charge in [-0.2, -0.15) is 0 Å². The topological polar surface area (TPSA) is 29.3 Å². The van der Waals surface area contributed by atoms with Gasteiger partial charge >= 0.3 is 0 Å². The van der Waals surface area contributed by atoms with Crippen LogP contribution in [-0.4, -0.2) is 24.0 Å². The van der Waals surface area contributed by atoms with Gasteiger partial charge in [0.15, 0.2) is 11.6 Å². The lowest BCUT2D eigenvalue weighted by atomic mass is 9.92. The van der Waals surface area contributed by atoms with Crippen molar-refractivity contribution in [3.05, 3.63) is 35.4 Å². The van der Waals surface area contributed by atoms with Crippen LogP contribution >= 0.6 is 0 Å². The number of hydrogen-bond donors (Lipinski definition) is 1. The molecule has 0 aliphatic carbocycles. The fourth-order valence-corrected chi connectivity index (χ4v) is 2.88. The van der Waals surface area contributed by atoms with Gasteiger partial charge in [-0.05, 0) is 38.3 Å². The number of benzene rings is 1. The van der Waals surface area contributed by atoms with Crippen LogP contribution in [0.5, 0.6) is 0 Å². The maximum absolute atomic E-state index is 13.7. The highest BCUT2D eigenvalue weighted by molar-refractivity contribution is 5.22. The van der Waals surface area contributed by atoms with E-state index in [2.05, 4.69) is 18.7 Å². The number of hydrogen-bond acceptors (Lipinski definition) is 2. The van der Waals surface area contributed by atoms with Crippen LogP contribution in [0.4, 0.5) is 8.78 Å². The number of halogens is 2. The molecule has 0 saturated carbocycles. The van der Waals surface area contributed by atoms with Gasteiger partial charge in [0.05, 0.1) is 0 Å². The smallest absolute Gasteiger partial charge is 0.163 e. The Balaban J connectivity index is 2.04. The van der Waals surface area contributed by atoms with Crippen LogP contribution in [0.3, 0.4) is 0 Å². The summed E-state index contributed by atoms with van der Waals surface area (Å²) in [7, 11) is 0. The highest BCUT2D eigenvalue weighted by atomic mass is 19.2. The molecule has 1 saturated heterocycles. The number of piperidine rings is 1. The molecule has 2 rings (SSSR count). The molecule has 1 heterocycles. The quantitative estimate of drug-likeness (QED) is 0.912. The molecule has 1 aromatic carbocycles. The number of likely N-dealkylation sites (tertiary alicyclic amines) is 1. The largest absolute Gasteiger partial charge is 0.323 e. The Kier molecular flexibility index (Phi) is 4.53. The summed E-state index contributed by atoms with van der Waals surface area (Å²) in [6.07, 6.45) is 2.28. The minimum Gasteiger partial charge on any atom is -0.323 e. The average Bonchev–Trinajstić information content (AvgIpc) is 2.36. The summed E-state index contributed by atoms with van der Waals surface area (Å²) in [6, 6.07) is 4.17. The lowest BCUT2D eigenvalue weighted by Crippen LogP contribution is -2.43. The van der Waals surface area contributed by atoms with Gasteiger partial charge in [0.1, 0.15) is 0 Å². The Morgan fingerprint density at radius 1 is 1.37 bits per heavy atom. The van der Waals surface area contributed by atoms with Crippen LogP contribution < -0.4 is 5.73 Å². The zero-order chi connectivity index (χ0) is 14.0. The normalized spacial score (nSPS) is 26.4. The molecule has 0 spiro atoms. The van der Waals surface area contributed by atoms with Gasteiger partial charge < -0.3 is 5.73 Å². The minimum atomic E-state index is -0.826. The summed E-state index contributed by atoms with van der Waals surface area (Å²) in [5.74, 6) is -0.908. The average molecular weight is 268 g/mol. The molecule has 19 heavy (non-hydrogen) atoms. The van der Waals surface area contributed by atoms with E-state index in [0.717, 1.165) is 31.4 Å². The lowest BCUT2D eigenvalue weighted by Gasteiger charge is -2.38. The molecule has 4 heteroatoms. The summed E-state index contributed by atoms with van der Waals surface area (Å²) < 4.78 is 26.9. The minimum absolute atomic E-state index is 0.269. The van der Waals surface area contributed by atoms with Crippen molar-refractivity contribution in [2.45, 2.75) is 38.8 Å². The monoisotopic (exact) mass is 268 g/mol. The molecular formula is C15H22F2N2. The van der Waals surface area contributed by atoms with E-state index in [1.165, 1.54) is 6.07 Å². The Morgan fingerprint density at radius 2 is 2.11 bits per heavy atom.